The third kappa shape index (κ3) is 2.66. The average Bonchev–Trinajstić information content (AvgIpc) is 2.38. The van der Waals surface area contributed by atoms with E-state index in [0.29, 0.717) is 12.2 Å². The van der Waals surface area contributed by atoms with Crippen LogP contribution in [0.1, 0.15) is 10.4 Å². The summed E-state index contributed by atoms with van der Waals surface area (Å²) in [5, 5.41) is 10.9. The van der Waals surface area contributed by atoms with Gasteiger partial charge in [0.1, 0.15) is 0 Å². The Hall–Kier alpha value is -1.52. The van der Waals surface area contributed by atoms with Crippen molar-refractivity contribution in [1.29, 1.82) is 0 Å². The monoisotopic (exact) mass is 262 g/mol. The highest BCUT2D eigenvalue weighted by Gasteiger charge is 2.10. The molecule has 2 aromatic carbocycles. The smallest absolute Gasteiger partial charge is 0.336 e. The summed E-state index contributed by atoms with van der Waals surface area (Å²) in [7, 11) is 1.67. The third-order valence-corrected chi connectivity index (χ3v) is 3.70. The lowest BCUT2D eigenvalue weighted by atomic mass is 10.0. The van der Waals surface area contributed by atoms with Crippen LogP contribution in [0.15, 0.2) is 41.3 Å². The van der Waals surface area contributed by atoms with Crippen LogP contribution >= 0.6 is 11.8 Å². The molecule has 2 rings (SSSR count). The first-order valence-corrected chi connectivity index (χ1v) is 6.59. The van der Waals surface area contributed by atoms with Gasteiger partial charge in [-0.3, -0.25) is 0 Å². The first-order chi connectivity index (χ1) is 8.74. The fourth-order valence-electron chi connectivity index (χ4n) is 1.82. The summed E-state index contributed by atoms with van der Waals surface area (Å²) < 4.78 is 5.02. The number of hydrogen-bond donors (Lipinski definition) is 1. The van der Waals surface area contributed by atoms with Crippen molar-refractivity contribution in [3.05, 3.63) is 42.0 Å². The molecule has 0 fully saturated rings. The number of benzene rings is 2. The molecule has 0 atom stereocenters. The number of methoxy groups -OCH3 is 1. The Balaban J connectivity index is 2.44. The predicted molar refractivity (Wildman–Crippen MR) is 73.5 cm³/mol. The summed E-state index contributed by atoms with van der Waals surface area (Å²) in [5.41, 5.74) is 0.349. The van der Waals surface area contributed by atoms with Crippen LogP contribution in [0, 0.1) is 0 Å². The summed E-state index contributed by atoms with van der Waals surface area (Å²) in [6.07, 6.45) is 0. The molecule has 0 aliphatic rings. The standard InChI is InChI=1S/C14H14O3S/c1-17-8-9-18-13-7-6-12(14(15)16)10-4-2-3-5-11(10)13/h2-7H,8-9H2,1H3,(H,15,16). The van der Waals surface area contributed by atoms with Crippen molar-refractivity contribution >= 4 is 28.5 Å². The third-order valence-electron chi connectivity index (χ3n) is 2.66. The molecule has 0 radical (unpaired) electrons. The van der Waals surface area contributed by atoms with Gasteiger partial charge < -0.3 is 9.84 Å². The molecule has 18 heavy (non-hydrogen) atoms. The molecule has 0 saturated carbocycles. The molecule has 0 unspecified atom stereocenters. The van der Waals surface area contributed by atoms with Crippen LogP contribution in [0.4, 0.5) is 0 Å². The second kappa shape index (κ2) is 5.89. The highest BCUT2D eigenvalue weighted by Crippen LogP contribution is 2.30. The van der Waals surface area contributed by atoms with Crippen LogP contribution in [-0.4, -0.2) is 30.5 Å². The van der Waals surface area contributed by atoms with Crippen molar-refractivity contribution in [2.75, 3.05) is 19.5 Å². The van der Waals surface area contributed by atoms with E-state index in [1.807, 2.05) is 30.3 Å². The zero-order chi connectivity index (χ0) is 13.0. The van der Waals surface area contributed by atoms with Crippen molar-refractivity contribution in [3.8, 4) is 0 Å². The van der Waals surface area contributed by atoms with Crippen LogP contribution in [-0.2, 0) is 4.74 Å². The maximum Gasteiger partial charge on any atom is 0.336 e. The average molecular weight is 262 g/mol. The molecule has 0 saturated heterocycles. The summed E-state index contributed by atoms with van der Waals surface area (Å²) in [6, 6.07) is 11.1. The Bertz CT molecular complexity index is 566. The summed E-state index contributed by atoms with van der Waals surface area (Å²) in [6.45, 7) is 0.680. The predicted octanol–water partition coefficient (Wildman–Crippen LogP) is 3.28. The molecule has 0 heterocycles. The lowest BCUT2D eigenvalue weighted by molar-refractivity contribution is 0.0699. The second-order valence-electron chi connectivity index (χ2n) is 3.80. The molecule has 4 heteroatoms. The van der Waals surface area contributed by atoms with E-state index < -0.39 is 5.97 Å². The maximum atomic E-state index is 11.2. The van der Waals surface area contributed by atoms with E-state index in [9.17, 15) is 4.79 Å². The van der Waals surface area contributed by atoms with Crippen LogP contribution in [0.5, 0.6) is 0 Å². The quantitative estimate of drug-likeness (QED) is 0.663. The van der Waals surface area contributed by atoms with Gasteiger partial charge in [0.15, 0.2) is 0 Å². The fraction of sp³-hybridized carbons (Fsp3) is 0.214. The molecule has 0 spiro atoms. The SMILES string of the molecule is COCCSc1ccc(C(=O)O)c2ccccc12. The molecule has 0 bridgehead atoms. The van der Waals surface area contributed by atoms with Gasteiger partial charge in [0.05, 0.1) is 12.2 Å². The number of thioether (sulfide) groups is 1. The number of hydrogen-bond acceptors (Lipinski definition) is 3. The highest BCUT2D eigenvalue weighted by molar-refractivity contribution is 7.99. The Morgan fingerprint density at radius 2 is 1.94 bits per heavy atom. The van der Waals surface area contributed by atoms with Gasteiger partial charge in [-0.05, 0) is 22.9 Å². The Morgan fingerprint density at radius 3 is 2.61 bits per heavy atom. The van der Waals surface area contributed by atoms with E-state index in [1.165, 1.54) is 0 Å². The molecule has 0 aliphatic carbocycles. The number of rotatable bonds is 5. The van der Waals surface area contributed by atoms with Gasteiger partial charge in [-0.1, -0.05) is 24.3 Å². The molecule has 0 aliphatic heterocycles. The minimum Gasteiger partial charge on any atom is -0.478 e. The van der Waals surface area contributed by atoms with Crippen LogP contribution in [0.25, 0.3) is 10.8 Å². The molecule has 94 valence electrons. The summed E-state index contributed by atoms with van der Waals surface area (Å²) in [5.74, 6) is -0.0351. The van der Waals surface area contributed by atoms with Gasteiger partial charge in [0, 0.05) is 17.8 Å². The van der Waals surface area contributed by atoms with Gasteiger partial charge in [0.25, 0.3) is 0 Å². The van der Waals surface area contributed by atoms with Crippen molar-refractivity contribution < 1.29 is 14.6 Å². The zero-order valence-corrected chi connectivity index (χ0v) is 10.9. The van der Waals surface area contributed by atoms with E-state index >= 15 is 0 Å². The summed E-state index contributed by atoms with van der Waals surface area (Å²) in [4.78, 5) is 12.3. The minimum absolute atomic E-state index is 0.349. The first kappa shape index (κ1) is 12.9. The number of carboxylic acids is 1. The van der Waals surface area contributed by atoms with E-state index in [4.69, 9.17) is 9.84 Å². The molecule has 2 aromatic rings. The largest absolute Gasteiger partial charge is 0.478 e. The lowest BCUT2D eigenvalue weighted by Gasteiger charge is -2.08. The van der Waals surface area contributed by atoms with Crippen molar-refractivity contribution in [1.82, 2.24) is 0 Å². The number of fused-ring (bicyclic) bond motifs is 1. The van der Waals surface area contributed by atoms with Crippen LogP contribution in [0.3, 0.4) is 0 Å². The van der Waals surface area contributed by atoms with Gasteiger partial charge in [0.2, 0.25) is 0 Å². The van der Waals surface area contributed by atoms with Gasteiger partial charge in [-0.15, -0.1) is 11.8 Å². The number of ether oxygens (including phenoxy) is 1. The maximum absolute atomic E-state index is 11.2. The molecule has 1 N–H and O–H groups in total. The van der Waals surface area contributed by atoms with Gasteiger partial charge >= 0.3 is 5.97 Å². The highest BCUT2D eigenvalue weighted by atomic mass is 32.2. The molecule has 3 nitrogen and oxygen atoms in total. The van der Waals surface area contributed by atoms with Crippen molar-refractivity contribution in [2.24, 2.45) is 0 Å². The number of carboxylic acid groups (broad SMARTS) is 1. The fourth-order valence-corrected chi connectivity index (χ4v) is 2.79. The number of carbonyl (C=O) groups is 1. The lowest BCUT2D eigenvalue weighted by Crippen LogP contribution is -1.98. The number of aromatic carboxylic acids is 1. The van der Waals surface area contributed by atoms with Crippen LogP contribution < -0.4 is 0 Å². The topological polar surface area (TPSA) is 46.5 Å². The molecular weight excluding hydrogens is 248 g/mol. The normalized spacial score (nSPS) is 10.7. The van der Waals surface area contributed by atoms with Crippen LogP contribution in [0.2, 0.25) is 0 Å². The Morgan fingerprint density at radius 1 is 1.22 bits per heavy atom. The zero-order valence-electron chi connectivity index (χ0n) is 10.1. The van der Waals surface area contributed by atoms with Crippen molar-refractivity contribution in [2.45, 2.75) is 4.90 Å². The second-order valence-corrected chi connectivity index (χ2v) is 4.94. The minimum atomic E-state index is -0.889. The van der Waals surface area contributed by atoms with E-state index in [-0.39, 0.29) is 0 Å². The van der Waals surface area contributed by atoms with Crippen molar-refractivity contribution in [3.63, 3.8) is 0 Å². The van der Waals surface area contributed by atoms with Gasteiger partial charge in [-0.2, -0.15) is 0 Å². The molecular formula is C14H14O3S. The van der Waals surface area contributed by atoms with E-state index in [1.54, 1.807) is 24.9 Å². The van der Waals surface area contributed by atoms with E-state index in [2.05, 4.69) is 0 Å². The molecule has 0 aromatic heterocycles. The Kier molecular flexibility index (Phi) is 4.23. The molecule has 0 amide bonds. The first-order valence-electron chi connectivity index (χ1n) is 5.61. The Labute approximate surface area is 110 Å². The summed E-state index contributed by atoms with van der Waals surface area (Å²) >= 11 is 1.68. The van der Waals surface area contributed by atoms with Gasteiger partial charge in [-0.25, -0.2) is 4.79 Å². The van der Waals surface area contributed by atoms with E-state index in [0.717, 1.165) is 21.4 Å².